The summed E-state index contributed by atoms with van der Waals surface area (Å²) in [7, 11) is 1.57. The molecule has 45 heavy (non-hydrogen) atoms. The number of methoxy groups -OCH3 is 1. The Morgan fingerprint density at radius 3 is 2.58 bits per heavy atom. The Bertz CT molecular complexity index is 1480. The standard InChI is InChI=1S/C33H40F4N4O4/c1-44-24-2-3-28-25(18-24)31(22(20-39-28)21-41-12-14-45-15-13-41)26(35)4-5-33(19-30(42)43)6-9-40(10-7-33)11-8-38-29-17-23(34)16-27(36)32(29)37/h2-3,16-18,20,26,38H,4-15,19,21H2,1H3,(H,42,43)/t26-/m1/s1. The number of morpholine rings is 1. The summed E-state index contributed by atoms with van der Waals surface area (Å²) in [4.78, 5) is 20.9. The minimum absolute atomic E-state index is 0.0643. The van der Waals surface area contributed by atoms with Crippen molar-refractivity contribution in [1.29, 1.82) is 0 Å². The van der Waals surface area contributed by atoms with Crippen LogP contribution >= 0.6 is 0 Å². The number of pyridine rings is 1. The monoisotopic (exact) mass is 632 g/mol. The highest BCUT2D eigenvalue weighted by molar-refractivity contribution is 5.85. The number of aromatic nitrogens is 1. The number of carboxylic acids is 1. The van der Waals surface area contributed by atoms with Crippen molar-refractivity contribution in [2.75, 3.05) is 64.9 Å². The van der Waals surface area contributed by atoms with Gasteiger partial charge < -0.3 is 24.8 Å². The first-order chi connectivity index (χ1) is 21.7. The number of alkyl halides is 1. The molecule has 0 saturated carbocycles. The normalized spacial score (nSPS) is 18.2. The average molecular weight is 633 g/mol. The van der Waals surface area contributed by atoms with E-state index in [2.05, 4.69) is 20.1 Å². The van der Waals surface area contributed by atoms with Gasteiger partial charge in [0.1, 0.15) is 17.7 Å². The van der Waals surface area contributed by atoms with Crippen LogP contribution in [0, 0.1) is 22.9 Å². The number of carboxylic acid groups (broad SMARTS) is 1. The van der Waals surface area contributed by atoms with Crippen molar-refractivity contribution >= 4 is 22.6 Å². The van der Waals surface area contributed by atoms with Crippen LogP contribution < -0.4 is 10.1 Å². The van der Waals surface area contributed by atoms with Crippen molar-refractivity contribution < 1.29 is 36.9 Å². The molecule has 0 bridgehead atoms. The predicted octanol–water partition coefficient (Wildman–Crippen LogP) is 5.95. The quantitative estimate of drug-likeness (QED) is 0.177. The number of hydrogen-bond donors (Lipinski definition) is 2. The first-order valence-corrected chi connectivity index (χ1v) is 15.4. The van der Waals surface area contributed by atoms with Gasteiger partial charge in [-0.05, 0) is 68.0 Å². The number of hydrogen-bond acceptors (Lipinski definition) is 7. The molecule has 0 radical (unpaired) electrons. The maximum atomic E-state index is 16.5. The van der Waals surface area contributed by atoms with Crippen LogP contribution in [-0.2, 0) is 16.1 Å². The Hall–Kier alpha value is -3.48. The second kappa shape index (κ2) is 14.7. The van der Waals surface area contributed by atoms with Crippen LogP contribution in [0.15, 0.2) is 36.5 Å². The zero-order valence-corrected chi connectivity index (χ0v) is 25.5. The number of halogens is 4. The fourth-order valence-electron chi connectivity index (χ4n) is 6.55. The summed E-state index contributed by atoms with van der Waals surface area (Å²) >= 11 is 0. The Balaban J connectivity index is 1.27. The van der Waals surface area contributed by atoms with Crippen molar-refractivity contribution in [3.63, 3.8) is 0 Å². The molecule has 3 heterocycles. The van der Waals surface area contributed by atoms with Gasteiger partial charge in [0.25, 0.3) is 0 Å². The van der Waals surface area contributed by atoms with Gasteiger partial charge in [0.2, 0.25) is 0 Å². The van der Waals surface area contributed by atoms with Crippen LogP contribution in [0.5, 0.6) is 5.75 Å². The zero-order chi connectivity index (χ0) is 32.0. The molecule has 0 amide bonds. The number of anilines is 1. The van der Waals surface area contributed by atoms with Crippen LogP contribution in [0.4, 0.5) is 23.2 Å². The van der Waals surface area contributed by atoms with Crippen LogP contribution in [0.3, 0.4) is 0 Å². The minimum atomic E-state index is -1.34. The van der Waals surface area contributed by atoms with Gasteiger partial charge in [0, 0.05) is 62.0 Å². The van der Waals surface area contributed by atoms with Crippen LogP contribution in [-0.4, -0.2) is 85.5 Å². The highest BCUT2D eigenvalue weighted by atomic mass is 19.2. The van der Waals surface area contributed by atoms with Crippen molar-refractivity contribution in [3.05, 3.63) is 65.1 Å². The molecule has 12 heteroatoms. The average Bonchev–Trinajstić information content (AvgIpc) is 3.03. The molecule has 0 unspecified atom stereocenters. The minimum Gasteiger partial charge on any atom is -0.497 e. The van der Waals surface area contributed by atoms with E-state index in [0.717, 1.165) is 24.7 Å². The number of carbonyl (C=O) groups is 1. The maximum Gasteiger partial charge on any atom is 0.303 e. The third-order valence-corrected chi connectivity index (χ3v) is 9.12. The largest absolute Gasteiger partial charge is 0.497 e. The first-order valence-electron chi connectivity index (χ1n) is 15.4. The van der Waals surface area contributed by atoms with Crippen molar-refractivity contribution in [1.82, 2.24) is 14.8 Å². The summed E-state index contributed by atoms with van der Waals surface area (Å²) in [5, 5.41) is 13.2. The molecule has 8 nitrogen and oxygen atoms in total. The van der Waals surface area contributed by atoms with E-state index in [1.807, 2.05) is 12.1 Å². The summed E-state index contributed by atoms with van der Waals surface area (Å²) in [6.45, 7) is 5.14. The van der Waals surface area contributed by atoms with E-state index in [9.17, 15) is 23.1 Å². The smallest absolute Gasteiger partial charge is 0.303 e. The molecule has 0 spiro atoms. The lowest BCUT2D eigenvalue weighted by molar-refractivity contribution is -0.141. The SMILES string of the molecule is COc1ccc2ncc(CN3CCOCC3)c([C@H](F)CCC3(CC(=O)O)CCN(CCNc4cc(F)cc(F)c4F)CC3)c2c1. The summed E-state index contributed by atoms with van der Waals surface area (Å²) in [6, 6.07) is 6.84. The van der Waals surface area contributed by atoms with E-state index in [4.69, 9.17) is 9.47 Å². The molecule has 2 aliphatic heterocycles. The number of piperidine rings is 1. The Kier molecular flexibility index (Phi) is 10.8. The van der Waals surface area contributed by atoms with Gasteiger partial charge >= 0.3 is 5.97 Å². The molecule has 0 aliphatic carbocycles. The number of nitrogens with one attached hydrogen (secondary N) is 1. The predicted molar refractivity (Wildman–Crippen MR) is 163 cm³/mol. The lowest BCUT2D eigenvalue weighted by atomic mass is 9.71. The fourth-order valence-corrected chi connectivity index (χ4v) is 6.55. The Morgan fingerprint density at radius 2 is 1.87 bits per heavy atom. The molecule has 2 aliphatic rings. The highest BCUT2D eigenvalue weighted by Gasteiger charge is 2.37. The van der Waals surface area contributed by atoms with Crippen molar-refractivity contribution in [2.45, 2.75) is 44.8 Å². The molecule has 244 valence electrons. The van der Waals surface area contributed by atoms with E-state index in [1.54, 1.807) is 19.4 Å². The molecule has 5 rings (SSSR count). The number of nitrogens with zero attached hydrogens (tertiary/aromatic N) is 3. The van der Waals surface area contributed by atoms with Gasteiger partial charge in [-0.1, -0.05) is 0 Å². The Labute approximate surface area is 260 Å². The van der Waals surface area contributed by atoms with E-state index < -0.39 is 35.0 Å². The molecule has 2 saturated heterocycles. The third-order valence-electron chi connectivity index (χ3n) is 9.12. The topological polar surface area (TPSA) is 87.2 Å². The summed E-state index contributed by atoms with van der Waals surface area (Å²) in [6.07, 6.45) is 2.01. The molecule has 1 aromatic heterocycles. The third kappa shape index (κ3) is 8.22. The second-order valence-electron chi connectivity index (χ2n) is 12.1. The summed E-state index contributed by atoms with van der Waals surface area (Å²) in [5.41, 5.74) is 1.22. The molecule has 2 fully saturated rings. The van der Waals surface area contributed by atoms with Crippen LogP contribution in [0.1, 0.15) is 49.4 Å². The van der Waals surface area contributed by atoms with Gasteiger partial charge in [-0.3, -0.25) is 14.7 Å². The van der Waals surface area contributed by atoms with Gasteiger partial charge in [-0.2, -0.15) is 0 Å². The Morgan fingerprint density at radius 1 is 1.11 bits per heavy atom. The number of benzene rings is 2. The lowest BCUT2D eigenvalue weighted by Gasteiger charge is -2.41. The highest BCUT2D eigenvalue weighted by Crippen LogP contribution is 2.43. The van der Waals surface area contributed by atoms with Gasteiger partial charge in [0.05, 0.1) is 37.9 Å². The molecule has 2 N–H and O–H groups in total. The fraction of sp³-hybridized carbons (Fsp3) is 0.515. The van der Waals surface area contributed by atoms with E-state index in [0.29, 0.717) is 86.9 Å². The molecular weight excluding hydrogens is 592 g/mol. The van der Waals surface area contributed by atoms with Gasteiger partial charge in [-0.15, -0.1) is 0 Å². The number of ether oxygens (including phenoxy) is 2. The maximum absolute atomic E-state index is 16.5. The van der Waals surface area contributed by atoms with Gasteiger partial charge in [0.15, 0.2) is 11.6 Å². The van der Waals surface area contributed by atoms with Crippen LogP contribution in [0.25, 0.3) is 10.9 Å². The lowest BCUT2D eigenvalue weighted by Crippen LogP contribution is -2.43. The first kappa shape index (κ1) is 32.9. The number of fused-ring (bicyclic) bond motifs is 1. The van der Waals surface area contributed by atoms with E-state index in [1.165, 1.54) is 0 Å². The van der Waals surface area contributed by atoms with Crippen molar-refractivity contribution in [3.8, 4) is 5.75 Å². The molecule has 1 atom stereocenters. The summed E-state index contributed by atoms with van der Waals surface area (Å²) < 4.78 is 68.5. The van der Waals surface area contributed by atoms with E-state index in [-0.39, 0.29) is 25.1 Å². The zero-order valence-electron chi connectivity index (χ0n) is 25.5. The number of aliphatic carboxylic acids is 1. The van der Waals surface area contributed by atoms with Crippen molar-refractivity contribution in [2.24, 2.45) is 5.41 Å². The summed E-state index contributed by atoms with van der Waals surface area (Å²) in [5.74, 6) is -3.57. The molecule has 2 aromatic carbocycles. The van der Waals surface area contributed by atoms with E-state index >= 15 is 4.39 Å². The molecule has 3 aromatic rings. The molecular formula is C33H40F4N4O4. The van der Waals surface area contributed by atoms with Gasteiger partial charge in [-0.25, -0.2) is 17.6 Å². The second-order valence-corrected chi connectivity index (χ2v) is 12.1. The van der Waals surface area contributed by atoms with Crippen LogP contribution in [0.2, 0.25) is 0 Å². The number of likely N-dealkylation sites (tertiary alicyclic amines) is 1. The number of rotatable bonds is 13.